The molecule has 0 bridgehead atoms. The quantitative estimate of drug-likeness (QED) is 0.685. The highest BCUT2D eigenvalue weighted by Gasteiger charge is 2.23. The van der Waals surface area contributed by atoms with Crippen LogP contribution in [0, 0.1) is 11.8 Å². The number of rotatable bonds is 4. The molecule has 0 amide bonds. The van der Waals surface area contributed by atoms with E-state index in [0.717, 1.165) is 0 Å². The molecule has 0 heterocycles. The van der Waals surface area contributed by atoms with Crippen LogP contribution in [0.5, 0.6) is 0 Å². The lowest BCUT2D eigenvalue weighted by Crippen LogP contribution is -2.27. The van der Waals surface area contributed by atoms with Gasteiger partial charge >= 0.3 is 0 Å². The second-order valence-electron chi connectivity index (χ2n) is 3.99. The van der Waals surface area contributed by atoms with Crippen LogP contribution in [0.4, 0.5) is 0 Å². The van der Waals surface area contributed by atoms with E-state index in [1.807, 2.05) is 0 Å². The van der Waals surface area contributed by atoms with Gasteiger partial charge in [-0.2, -0.15) is 0 Å². The highest BCUT2D eigenvalue weighted by atomic mass is 31.1. The van der Waals surface area contributed by atoms with E-state index in [2.05, 4.69) is 0 Å². The number of hydrogen-bond donors (Lipinski definition) is 2. The third-order valence-corrected chi connectivity index (χ3v) is 3.93. The van der Waals surface area contributed by atoms with Gasteiger partial charge in [0, 0.05) is 6.16 Å². The third-order valence-electron chi connectivity index (χ3n) is 3.06. The molecule has 13 heavy (non-hydrogen) atoms. The molecule has 0 aromatic heterocycles. The highest BCUT2D eigenvalue weighted by Crippen LogP contribution is 2.33. The molecular weight excluding hydrogens is 185 g/mol. The predicted molar refractivity (Wildman–Crippen MR) is 55.2 cm³/mol. The first-order chi connectivity index (χ1) is 6.24. The van der Waals surface area contributed by atoms with Crippen LogP contribution in [0.3, 0.4) is 0 Å². The van der Waals surface area contributed by atoms with Gasteiger partial charge in [-0.25, -0.2) is 0 Å². The van der Waals surface area contributed by atoms with Crippen molar-refractivity contribution in [1.29, 1.82) is 0 Å². The fourth-order valence-electron chi connectivity index (χ4n) is 2.27. The van der Waals surface area contributed by atoms with Crippen LogP contribution in [0.1, 0.15) is 32.1 Å². The SMILES string of the molecule is NCC(C[PH](=O)O)C1CCCCC1. The number of nitrogens with two attached hydrogens (primary N) is 1. The first-order valence-electron chi connectivity index (χ1n) is 5.16. The van der Waals surface area contributed by atoms with Crippen molar-refractivity contribution >= 4 is 8.03 Å². The zero-order chi connectivity index (χ0) is 9.68. The Bertz CT molecular complexity index is 169. The van der Waals surface area contributed by atoms with Crippen LogP contribution in [0.2, 0.25) is 0 Å². The van der Waals surface area contributed by atoms with Crippen LogP contribution in [-0.2, 0) is 4.57 Å². The Labute approximate surface area is 80.6 Å². The molecule has 1 aliphatic carbocycles. The van der Waals surface area contributed by atoms with E-state index in [0.29, 0.717) is 18.6 Å². The minimum absolute atomic E-state index is 0.289. The highest BCUT2D eigenvalue weighted by molar-refractivity contribution is 7.38. The smallest absolute Gasteiger partial charge is 0.189 e. The van der Waals surface area contributed by atoms with Gasteiger partial charge in [-0.3, -0.25) is 4.57 Å². The summed E-state index contributed by atoms with van der Waals surface area (Å²) in [5, 5.41) is 0. The van der Waals surface area contributed by atoms with Gasteiger partial charge in [0.15, 0.2) is 8.03 Å². The molecule has 2 atom stereocenters. The zero-order valence-corrected chi connectivity index (χ0v) is 9.04. The predicted octanol–water partition coefficient (Wildman–Crippen LogP) is 1.61. The first kappa shape index (κ1) is 11.2. The molecule has 1 fully saturated rings. The van der Waals surface area contributed by atoms with Crippen molar-refractivity contribution in [3.05, 3.63) is 0 Å². The van der Waals surface area contributed by atoms with Crippen LogP contribution in [0.15, 0.2) is 0 Å². The lowest BCUT2D eigenvalue weighted by atomic mass is 9.81. The van der Waals surface area contributed by atoms with Crippen molar-refractivity contribution in [3.63, 3.8) is 0 Å². The molecule has 3 N–H and O–H groups in total. The summed E-state index contributed by atoms with van der Waals surface area (Å²) in [7, 11) is -2.32. The van der Waals surface area contributed by atoms with E-state index < -0.39 is 8.03 Å². The molecular formula is C9H20NO2P. The summed E-state index contributed by atoms with van der Waals surface area (Å²) in [5.41, 5.74) is 5.62. The second kappa shape index (κ2) is 5.79. The van der Waals surface area contributed by atoms with E-state index in [1.165, 1.54) is 32.1 Å². The van der Waals surface area contributed by atoms with Gasteiger partial charge in [-0.1, -0.05) is 32.1 Å². The van der Waals surface area contributed by atoms with Crippen LogP contribution in [-0.4, -0.2) is 17.6 Å². The largest absolute Gasteiger partial charge is 0.346 e. The Morgan fingerprint density at radius 3 is 2.46 bits per heavy atom. The Balaban J connectivity index is 2.39. The molecule has 3 nitrogen and oxygen atoms in total. The fourth-order valence-corrected chi connectivity index (χ4v) is 3.22. The van der Waals surface area contributed by atoms with Crippen LogP contribution in [0.25, 0.3) is 0 Å². The molecule has 0 aliphatic heterocycles. The van der Waals surface area contributed by atoms with Crippen molar-refractivity contribution in [1.82, 2.24) is 0 Å². The Kier molecular flexibility index (Phi) is 5.00. The van der Waals surface area contributed by atoms with Crippen molar-refractivity contribution in [2.45, 2.75) is 32.1 Å². The third kappa shape index (κ3) is 3.80. The molecule has 1 rings (SSSR count). The normalized spacial score (nSPS) is 24.2. The van der Waals surface area contributed by atoms with Crippen LogP contribution < -0.4 is 5.73 Å². The van der Waals surface area contributed by atoms with Gasteiger partial charge in [0.1, 0.15) is 0 Å². The molecule has 1 saturated carbocycles. The molecule has 1 aliphatic rings. The van der Waals surface area contributed by atoms with Gasteiger partial charge < -0.3 is 10.6 Å². The second-order valence-corrected chi connectivity index (χ2v) is 5.19. The molecule has 2 unspecified atom stereocenters. The molecule has 0 radical (unpaired) electrons. The summed E-state index contributed by atoms with van der Waals surface area (Å²) in [4.78, 5) is 8.88. The summed E-state index contributed by atoms with van der Waals surface area (Å²) in [5.74, 6) is 0.900. The van der Waals surface area contributed by atoms with Gasteiger partial charge in [-0.05, 0) is 18.4 Å². The summed E-state index contributed by atoms with van der Waals surface area (Å²) in [6, 6.07) is 0. The van der Waals surface area contributed by atoms with Crippen molar-refractivity contribution in [2.75, 3.05) is 12.7 Å². The van der Waals surface area contributed by atoms with Gasteiger partial charge in [0.2, 0.25) is 0 Å². The molecule has 0 saturated heterocycles. The van der Waals surface area contributed by atoms with E-state index in [9.17, 15) is 4.57 Å². The van der Waals surface area contributed by atoms with Crippen LogP contribution >= 0.6 is 8.03 Å². The lowest BCUT2D eigenvalue weighted by Gasteiger charge is -2.28. The summed E-state index contributed by atoms with van der Waals surface area (Å²) >= 11 is 0. The fraction of sp³-hybridized carbons (Fsp3) is 1.00. The zero-order valence-electron chi connectivity index (χ0n) is 8.04. The van der Waals surface area contributed by atoms with Gasteiger partial charge in [-0.15, -0.1) is 0 Å². The van der Waals surface area contributed by atoms with Crippen molar-refractivity contribution in [2.24, 2.45) is 17.6 Å². The molecule has 0 aromatic carbocycles. The maximum Gasteiger partial charge on any atom is 0.189 e. The molecule has 0 spiro atoms. The average Bonchev–Trinajstić information content (AvgIpc) is 2.15. The van der Waals surface area contributed by atoms with Gasteiger partial charge in [0.05, 0.1) is 0 Å². The minimum atomic E-state index is -2.32. The van der Waals surface area contributed by atoms with E-state index in [1.54, 1.807) is 0 Å². The molecule has 78 valence electrons. The van der Waals surface area contributed by atoms with Crippen molar-refractivity contribution in [3.8, 4) is 0 Å². The lowest BCUT2D eigenvalue weighted by molar-refractivity contribution is 0.268. The van der Waals surface area contributed by atoms with E-state index >= 15 is 0 Å². The topological polar surface area (TPSA) is 63.3 Å². The van der Waals surface area contributed by atoms with Crippen molar-refractivity contribution < 1.29 is 9.46 Å². The van der Waals surface area contributed by atoms with E-state index in [4.69, 9.17) is 10.6 Å². The molecule has 4 heteroatoms. The Hall–Kier alpha value is 0.150. The maximum atomic E-state index is 10.7. The monoisotopic (exact) mass is 205 g/mol. The van der Waals surface area contributed by atoms with Gasteiger partial charge in [0.25, 0.3) is 0 Å². The summed E-state index contributed by atoms with van der Waals surface area (Å²) in [6.45, 7) is 0.571. The maximum absolute atomic E-state index is 10.7. The minimum Gasteiger partial charge on any atom is -0.346 e. The summed E-state index contributed by atoms with van der Waals surface area (Å²) in [6.07, 6.45) is 6.71. The molecule has 0 aromatic rings. The average molecular weight is 205 g/mol. The standard InChI is InChI=1S/C9H20NO2P/c10-6-9(7-13(11)12)8-4-2-1-3-5-8/h8-9,13H,1-7,10H2,(H,11,12). The Morgan fingerprint density at radius 2 is 2.00 bits per heavy atom. The van der Waals surface area contributed by atoms with E-state index in [-0.39, 0.29) is 5.92 Å². The number of hydrogen-bond acceptors (Lipinski definition) is 2. The summed E-state index contributed by atoms with van der Waals surface area (Å²) < 4.78 is 10.7. The Morgan fingerprint density at radius 1 is 1.38 bits per heavy atom. The first-order valence-corrected chi connectivity index (χ1v) is 6.72.